The third-order valence-corrected chi connectivity index (χ3v) is 3.54. The number of ether oxygens (including phenoxy) is 3. The van der Waals surface area contributed by atoms with Crippen LogP contribution in [0.3, 0.4) is 0 Å². The maximum absolute atomic E-state index is 12.4. The number of carbonyl (C=O) groups is 2. The van der Waals surface area contributed by atoms with Gasteiger partial charge in [-0.05, 0) is 41.5 Å². The Morgan fingerprint density at radius 2 is 1.50 bits per heavy atom. The van der Waals surface area contributed by atoms with Crippen LogP contribution in [-0.2, 0) is 23.8 Å². The lowest BCUT2D eigenvalue weighted by molar-refractivity contribution is -0.163. The van der Waals surface area contributed by atoms with Crippen LogP contribution in [-0.4, -0.2) is 35.3 Å². The Balaban J connectivity index is 2.07. The molecule has 0 saturated carbocycles. The molecular weight excluding hydrogens is 284 g/mol. The van der Waals surface area contributed by atoms with E-state index in [0.29, 0.717) is 0 Å². The van der Waals surface area contributed by atoms with E-state index < -0.39 is 17.1 Å². The molecule has 0 spiro atoms. The van der Waals surface area contributed by atoms with Gasteiger partial charge in [-0.15, -0.1) is 0 Å². The highest BCUT2D eigenvalue weighted by molar-refractivity contribution is 5.77. The first-order valence-electron chi connectivity index (χ1n) is 7.75. The molecule has 0 aromatic heterocycles. The van der Waals surface area contributed by atoms with Crippen LogP contribution in [0.1, 0.15) is 48.0 Å². The zero-order valence-electron chi connectivity index (χ0n) is 14.2. The summed E-state index contributed by atoms with van der Waals surface area (Å²) in [6.45, 7) is 11.0. The molecule has 2 heterocycles. The van der Waals surface area contributed by atoms with Crippen LogP contribution < -0.4 is 0 Å². The normalized spacial score (nSPS) is 30.5. The molecule has 5 heteroatoms. The Morgan fingerprint density at radius 3 is 2.05 bits per heavy atom. The highest BCUT2D eigenvalue weighted by Crippen LogP contribution is 2.42. The molecule has 22 heavy (non-hydrogen) atoms. The Labute approximate surface area is 132 Å². The zero-order valence-corrected chi connectivity index (χ0v) is 14.2. The summed E-state index contributed by atoms with van der Waals surface area (Å²) in [5.41, 5.74) is -1.09. The second-order valence-corrected chi connectivity index (χ2v) is 7.96. The van der Waals surface area contributed by atoms with Crippen LogP contribution in [0.2, 0.25) is 0 Å². The van der Waals surface area contributed by atoms with Crippen molar-refractivity contribution in [2.24, 2.45) is 11.8 Å². The van der Waals surface area contributed by atoms with E-state index in [9.17, 15) is 9.59 Å². The van der Waals surface area contributed by atoms with Crippen LogP contribution in [0.15, 0.2) is 12.2 Å². The molecule has 0 aromatic rings. The second kappa shape index (κ2) is 5.69. The summed E-state index contributed by atoms with van der Waals surface area (Å²) in [6, 6.07) is 0. The van der Waals surface area contributed by atoms with Crippen LogP contribution in [0, 0.1) is 11.8 Å². The van der Waals surface area contributed by atoms with E-state index in [1.54, 1.807) is 0 Å². The molecule has 2 bridgehead atoms. The molecule has 5 nitrogen and oxygen atoms in total. The maximum atomic E-state index is 12.4. The van der Waals surface area contributed by atoms with Gasteiger partial charge in [0.05, 0.1) is 24.5 Å². The van der Waals surface area contributed by atoms with Crippen molar-refractivity contribution in [1.29, 1.82) is 0 Å². The van der Waals surface area contributed by atoms with Crippen LogP contribution in [0.4, 0.5) is 0 Å². The van der Waals surface area contributed by atoms with E-state index >= 15 is 0 Å². The fraction of sp³-hybridized carbons (Fsp3) is 0.765. The average Bonchev–Trinajstić information content (AvgIpc) is 2.83. The highest BCUT2D eigenvalue weighted by Gasteiger charge is 2.51. The predicted octanol–water partition coefficient (Wildman–Crippen LogP) is 2.63. The first-order chi connectivity index (χ1) is 9.96. The molecule has 2 aliphatic rings. The lowest BCUT2D eigenvalue weighted by atomic mass is 9.81. The predicted molar refractivity (Wildman–Crippen MR) is 81.1 cm³/mol. The number of hydrogen-bond donors (Lipinski definition) is 0. The lowest BCUT2D eigenvalue weighted by Gasteiger charge is -2.28. The monoisotopic (exact) mass is 310 g/mol. The van der Waals surface area contributed by atoms with Crippen molar-refractivity contribution in [1.82, 2.24) is 0 Å². The minimum Gasteiger partial charge on any atom is -0.460 e. The SMILES string of the molecule is CC(C)(C)OC(=O)CC1C2C=CC(O2)C1C(=O)OC(C)(C)C. The van der Waals surface area contributed by atoms with E-state index in [1.165, 1.54) is 0 Å². The van der Waals surface area contributed by atoms with E-state index in [2.05, 4.69) is 0 Å². The summed E-state index contributed by atoms with van der Waals surface area (Å²) >= 11 is 0. The minimum absolute atomic E-state index is 0.159. The summed E-state index contributed by atoms with van der Waals surface area (Å²) in [7, 11) is 0. The van der Waals surface area contributed by atoms with Gasteiger partial charge < -0.3 is 14.2 Å². The quantitative estimate of drug-likeness (QED) is 0.592. The largest absolute Gasteiger partial charge is 0.460 e. The molecule has 0 radical (unpaired) electrons. The first-order valence-corrected chi connectivity index (χ1v) is 7.75. The van der Waals surface area contributed by atoms with E-state index in [-0.39, 0.29) is 36.5 Å². The third-order valence-electron chi connectivity index (χ3n) is 3.54. The molecule has 2 aliphatic heterocycles. The van der Waals surface area contributed by atoms with Crippen LogP contribution in [0.5, 0.6) is 0 Å². The smallest absolute Gasteiger partial charge is 0.312 e. The summed E-state index contributed by atoms with van der Waals surface area (Å²) in [4.78, 5) is 24.5. The highest BCUT2D eigenvalue weighted by atomic mass is 16.6. The van der Waals surface area contributed by atoms with Gasteiger partial charge in [0.2, 0.25) is 0 Å². The number of hydrogen-bond acceptors (Lipinski definition) is 5. The Bertz CT molecular complexity index is 480. The van der Waals surface area contributed by atoms with Crippen molar-refractivity contribution in [3.8, 4) is 0 Å². The van der Waals surface area contributed by atoms with E-state index in [4.69, 9.17) is 14.2 Å². The fourth-order valence-corrected chi connectivity index (χ4v) is 2.88. The van der Waals surface area contributed by atoms with Gasteiger partial charge in [-0.25, -0.2) is 0 Å². The van der Waals surface area contributed by atoms with Crippen molar-refractivity contribution >= 4 is 11.9 Å². The van der Waals surface area contributed by atoms with Gasteiger partial charge >= 0.3 is 11.9 Å². The van der Waals surface area contributed by atoms with Gasteiger partial charge in [-0.3, -0.25) is 9.59 Å². The van der Waals surface area contributed by atoms with Crippen LogP contribution >= 0.6 is 0 Å². The van der Waals surface area contributed by atoms with E-state index in [0.717, 1.165) is 0 Å². The van der Waals surface area contributed by atoms with Gasteiger partial charge in [-0.2, -0.15) is 0 Å². The van der Waals surface area contributed by atoms with Crippen LogP contribution in [0.25, 0.3) is 0 Å². The molecule has 0 N–H and O–H groups in total. The summed E-state index contributed by atoms with van der Waals surface area (Å²) in [6.07, 6.45) is 3.44. The minimum atomic E-state index is -0.556. The number of carbonyl (C=O) groups excluding carboxylic acids is 2. The Kier molecular flexibility index (Phi) is 4.39. The van der Waals surface area contributed by atoms with Crippen molar-refractivity contribution in [3.63, 3.8) is 0 Å². The summed E-state index contributed by atoms with van der Waals surface area (Å²) in [5.74, 6) is -1.28. The van der Waals surface area contributed by atoms with E-state index in [1.807, 2.05) is 53.7 Å². The van der Waals surface area contributed by atoms with Gasteiger partial charge in [-0.1, -0.05) is 12.2 Å². The number of fused-ring (bicyclic) bond motifs is 2. The van der Waals surface area contributed by atoms with Gasteiger partial charge in [0.1, 0.15) is 11.2 Å². The summed E-state index contributed by atoms with van der Waals surface area (Å²) < 4.78 is 16.6. The molecule has 4 unspecified atom stereocenters. The van der Waals surface area contributed by atoms with Crippen molar-refractivity contribution in [2.45, 2.75) is 71.4 Å². The summed E-state index contributed by atoms with van der Waals surface area (Å²) in [5, 5.41) is 0. The average molecular weight is 310 g/mol. The molecule has 124 valence electrons. The fourth-order valence-electron chi connectivity index (χ4n) is 2.88. The maximum Gasteiger partial charge on any atom is 0.312 e. The van der Waals surface area contributed by atoms with Gasteiger partial charge in [0.25, 0.3) is 0 Å². The van der Waals surface area contributed by atoms with Gasteiger partial charge in [0.15, 0.2) is 0 Å². The molecule has 0 amide bonds. The molecule has 1 fully saturated rings. The Hall–Kier alpha value is -1.36. The molecular formula is C17H26O5. The number of rotatable bonds is 3. The molecule has 0 aliphatic carbocycles. The standard InChI is InChI=1S/C17H26O5/c1-16(2,3)21-13(18)9-10-11-7-8-12(20-11)14(10)15(19)22-17(4,5)6/h7-8,10-12,14H,9H2,1-6H3. The molecule has 4 atom stereocenters. The second-order valence-electron chi connectivity index (χ2n) is 7.96. The van der Waals surface area contributed by atoms with Crippen molar-refractivity contribution in [3.05, 3.63) is 12.2 Å². The molecule has 0 aromatic carbocycles. The molecule has 2 rings (SSSR count). The Morgan fingerprint density at radius 1 is 0.955 bits per heavy atom. The van der Waals surface area contributed by atoms with Gasteiger partial charge in [0, 0.05) is 5.92 Å². The zero-order chi connectivity index (χ0) is 16.7. The molecule has 1 saturated heterocycles. The van der Waals surface area contributed by atoms with Crippen molar-refractivity contribution in [2.75, 3.05) is 0 Å². The topological polar surface area (TPSA) is 61.8 Å². The first kappa shape index (κ1) is 17.0. The van der Waals surface area contributed by atoms with Crippen molar-refractivity contribution < 1.29 is 23.8 Å². The number of esters is 2. The third kappa shape index (κ3) is 4.09. The lowest BCUT2D eigenvalue weighted by Crippen LogP contribution is -2.38.